The van der Waals surface area contributed by atoms with Crippen molar-refractivity contribution in [2.24, 2.45) is 5.10 Å². The lowest BCUT2D eigenvalue weighted by Crippen LogP contribution is -2.48. The normalized spacial score (nSPS) is 17.9. The van der Waals surface area contributed by atoms with Gasteiger partial charge in [0.2, 0.25) is 0 Å². The number of hydrogen-bond acceptors (Lipinski definition) is 4. The van der Waals surface area contributed by atoms with Gasteiger partial charge in [0.05, 0.1) is 18.9 Å². The summed E-state index contributed by atoms with van der Waals surface area (Å²) in [5.74, 6) is 0.710. The van der Waals surface area contributed by atoms with Crippen LogP contribution < -0.4 is 15.1 Å². The largest absolute Gasteiger partial charge is 0.496 e. The maximum absolute atomic E-state index is 12.4. The number of para-hydroxylation sites is 1. The van der Waals surface area contributed by atoms with Gasteiger partial charge in [-0.15, -0.1) is 0 Å². The van der Waals surface area contributed by atoms with Gasteiger partial charge in [-0.1, -0.05) is 19.1 Å². The average Bonchev–Trinajstić information content (AvgIpc) is 2.68. The zero-order chi connectivity index (χ0) is 21.2. The lowest BCUT2D eigenvalue weighted by Gasteiger charge is -2.47. The number of nitrogens with one attached hydrogen (secondary N) is 1. The van der Waals surface area contributed by atoms with Crippen molar-refractivity contribution < 1.29 is 9.53 Å². The number of anilines is 1. The number of fused-ring (bicyclic) bond motifs is 1. The molecule has 29 heavy (non-hydrogen) atoms. The van der Waals surface area contributed by atoms with E-state index in [4.69, 9.17) is 4.74 Å². The van der Waals surface area contributed by atoms with E-state index in [1.54, 1.807) is 31.5 Å². The average molecular weight is 394 g/mol. The van der Waals surface area contributed by atoms with Crippen molar-refractivity contribution in [2.45, 2.75) is 52.5 Å². The number of amides is 1. The Labute approximate surface area is 173 Å². The summed E-state index contributed by atoms with van der Waals surface area (Å²) in [6, 6.07) is 11.6. The summed E-state index contributed by atoms with van der Waals surface area (Å²) in [7, 11) is 1.55. The molecule has 0 fully saturated rings. The highest BCUT2D eigenvalue weighted by Gasteiger charge is 2.35. The van der Waals surface area contributed by atoms with Gasteiger partial charge < -0.3 is 9.64 Å². The van der Waals surface area contributed by atoms with E-state index in [1.165, 1.54) is 11.3 Å². The minimum atomic E-state index is -0.290. The molecule has 0 unspecified atom stereocenters. The van der Waals surface area contributed by atoms with E-state index in [2.05, 4.69) is 62.2 Å². The molecule has 1 heterocycles. The molecule has 1 atom stereocenters. The Hall–Kier alpha value is -2.82. The fourth-order valence-corrected chi connectivity index (χ4v) is 4.44. The van der Waals surface area contributed by atoms with Crippen LogP contribution in [0.15, 0.2) is 41.5 Å². The van der Waals surface area contributed by atoms with Crippen LogP contribution >= 0.6 is 0 Å². The van der Waals surface area contributed by atoms with Gasteiger partial charge in [-0.05, 0) is 81.0 Å². The quantitative estimate of drug-likeness (QED) is 0.582. The zero-order valence-corrected chi connectivity index (χ0v) is 18.2. The van der Waals surface area contributed by atoms with Crippen molar-refractivity contribution in [3.63, 3.8) is 0 Å². The second-order valence-corrected chi connectivity index (χ2v) is 8.33. The third-order valence-electron chi connectivity index (χ3n) is 5.81. The Kier molecular flexibility index (Phi) is 5.96. The lowest BCUT2D eigenvalue weighted by atomic mass is 9.79. The van der Waals surface area contributed by atoms with Crippen molar-refractivity contribution in [3.8, 4) is 5.75 Å². The van der Waals surface area contributed by atoms with Gasteiger partial charge in [-0.25, -0.2) is 5.43 Å². The predicted octanol–water partition coefficient (Wildman–Crippen LogP) is 4.88. The minimum absolute atomic E-state index is 0.145. The van der Waals surface area contributed by atoms with Crippen LogP contribution in [0.5, 0.6) is 5.75 Å². The van der Waals surface area contributed by atoms with Crippen molar-refractivity contribution in [3.05, 3.63) is 58.7 Å². The number of carbonyl (C=O) groups is 1. The number of carbonyl (C=O) groups excluding carboxylic acids is 1. The van der Waals surface area contributed by atoms with Crippen LogP contribution in [0, 0.1) is 6.92 Å². The van der Waals surface area contributed by atoms with Gasteiger partial charge in [0.15, 0.2) is 0 Å². The molecule has 1 amide bonds. The molecular weight excluding hydrogens is 362 g/mol. The molecule has 2 aromatic carbocycles. The van der Waals surface area contributed by atoms with Gasteiger partial charge >= 0.3 is 0 Å². The number of aryl methyl sites for hydroxylation is 1. The van der Waals surface area contributed by atoms with Gasteiger partial charge in [-0.2, -0.15) is 5.10 Å². The Balaban J connectivity index is 1.84. The summed E-state index contributed by atoms with van der Waals surface area (Å²) >= 11 is 0. The third kappa shape index (κ3) is 4.14. The van der Waals surface area contributed by atoms with Crippen molar-refractivity contribution in [2.75, 3.05) is 18.6 Å². The first kappa shape index (κ1) is 20.9. The highest BCUT2D eigenvalue weighted by molar-refractivity contribution is 5.97. The topological polar surface area (TPSA) is 53.9 Å². The maximum atomic E-state index is 12.4. The molecule has 1 aliphatic rings. The summed E-state index contributed by atoms with van der Waals surface area (Å²) < 4.78 is 5.24. The van der Waals surface area contributed by atoms with Crippen LogP contribution in [0.25, 0.3) is 0 Å². The van der Waals surface area contributed by atoms with E-state index in [1.807, 2.05) is 6.07 Å². The Morgan fingerprint density at radius 3 is 2.76 bits per heavy atom. The number of hydrazone groups is 1. The molecule has 3 rings (SSSR count). The van der Waals surface area contributed by atoms with E-state index in [0.29, 0.717) is 17.2 Å². The fraction of sp³-hybridized carbons (Fsp3) is 0.417. The molecule has 2 aromatic rings. The van der Waals surface area contributed by atoms with E-state index in [9.17, 15) is 4.79 Å². The highest BCUT2D eigenvalue weighted by atomic mass is 16.5. The molecular formula is C24H31N3O2. The number of hydrogen-bond donors (Lipinski definition) is 1. The van der Waals surface area contributed by atoms with Gasteiger partial charge in [-0.3, -0.25) is 4.79 Å². The summed E-state index contributed by atoms with van der Waals surface area (Å²) in [5.41, 5.74) is 8.03. The second-order valence-electron chi connectivity index (χ2n) is 8.33. The smallest absolute Gasteiger partial charge is 0.275 e. The van der Waals surface area contributed by atoms with Crippen LogP contribution in [0.3, 0.4) is 0 Å². The van der Waals surface area contributed by atoms with Crippen LogP contribution in [0.4, 0.5) is 5.69 Å². The minimum Gasteiger partial charge on any atom is -0.496 e. The molecule has 1 aliphatic heterocycles. The highest BCUT2D eigenvalue weighted by Crippen LogP contribution is 2.43. The Bertz CT molecular complexity index is 934. The molecule has 0 radical (unpaired) electrons. The van der Waals surface area contributed by atoms with Crippen molar-refractivity contribution in [1.29, 1.82) is 0 Å². The first-order chi connectivity index (χ1) is 13.8. The molecule has 0 aliphatic carbocycles. The number of nitrogens with zero attached hydrogens (tertiary/aromatic N) is 2. The summed E-state index contributed by atoms with van der Waals surface area (Å²) in [5, 5.41) is 4.20. The monoisotopic (exact) mass is 393 g/mol. The predicted molar refractivity (Wildman–Crippen MR) is 119 cm³/mol. The first-order valence-electron chi connectivity index (χ1n) is 10.2. The second kappa shape index (κ2) is 8.27. The van der Waals surface area contributed by atoms with E-state index in [-0.39, 0.29) is 11.4 Å². The van der Waals surface area contributed by atoms with Gasteiger partial charge in [0.25, 0.3) is 5.91 Å². The summed E-state index contributed by atoms with van der Waals surface area (Å²) in [4.78, 5) is 14.9. The van der Waals surface area contributed by atoms with Crippen LogP contribution in [0.2, 0.25) is 0 Å². The number of rotatable bonds is 5. The molecule has 0 bridgehead atoms. The first-order valence-corrected chi connectivity index (χ1v) is 10.2. The van der Waals surface area contributed by atoms with Crippen molar-refractivity contribution in [1.82, 2.24) is 5.43 Å². The Morgan fingerprint density at radius 1 is 1.34 bits per heavy atom. The number of methoxy groups -OCH3 is 1. The standard InChI is InChI=1S/C24H31N3O2/c1-7-27-21-12-16(2)18(13-20(21)17(3)14-24(27,4)5)15-25-26-23(28)19-10-8-9-11-22(19)29-6/h8-13,15,17H,7,14H2,1-6H3,(H,26,28)/b25-15-/t17-/m0/s1. The number of ether oxygens (including phenoxy) is 1. The van der Waals surface area contributed by atoms with Crippen LogP contribution in [0.1, 0.15) is 67.1 Å². The van der Waals surface area contributed by atoms with Crippen molar-refractivity contribution >= 4 is 17.8 Å². The zero-order valence-electron chi connectivity index (χ0n) is 18.2. The molecule has 5 heteroatoms. The van der Waals surface area contributed by atoms with Crippen LogP contribution in [-0.2, 0) is 0 Å². The third-order valence-corrected chi connectivity index (χ3v) is 5.81. The SMILES string of the molecule is CCN1c2cc(C)c(/C=N\NC(=O)c3ccccc3OC)cc2[C@@H](C)CC1(C)C. The molecule has 0 saturated heterocycles. The molecule has 154 valence electrons. The molecule has 0 aromatic heterocycles. The van der Waals surface area contributed by atoms with Gasteiger partial charge in [0, 0.05) is 17.8 Å². The Morgan fingerprint density at radius 2 is 2.07 bits per heavy atom. The molecule has 0 spiro atoms. The number of benzene rings is 2. The molecule has 0 saturated carbocycles. The van der Waals surface area contributed by atoms with Gasteiger partial charge in [0.1, 0.15) is 5.75 Å². The maximum Gasteiger partial charge on any atom is 0.275 e. The van der Waals surface area contributed by atoms with E-state index >= 15 is 0 Å². The molecule has 5 nitrogen and oxygen atoms in total. The lowest BCUT2D eigenvalue weighted by molar-refractivity contribution is 0.0952. The van der Waals surface area contributed by atoms with E-state index < -0.39 is 0 Å². The van der Waals surface area contributed by atoms with E-state index in [0.717, 1.165) is 24.1 Å². The summed E-state index contributed by atoms with van der Waals surface area (Å²) in [6.07, 6.45) is 2.84. The van der Waals surface area contributed by atoms with Crippen LogP contribution in [-0.4, -0.2) is 31.3 Å². The fourth-order valence-electron chi connectivity index (χ4n) is 4.44. The summed E-state index contributed by atoms with van der Waals surface area (Å²) in [6.45, 7) is 12.2. The molecule has 1 N–H and O–H groups in total.